The maximum Gasteiger partial charge on any atom is 0.238 e. The van der Waals surface area contributed by atoms with Gasteiger partial charge in [-0.05, 0) is 18.2 Å². The van der Waals surface area contributed by atoms with E-state index in [4.69, 9.17) is 16.7 Å². The van der Waals surface area contributed by atoms with E-state index >= 15 is 0 Å². The van der Waals surface area contributed by atoms with Crippen LogP contribution < -0.4 is 10.5 Å². The molecule has 1 aromatic rings. The molecule has 0 aliphatic carbocycles. The Labute approximate surface area is 128 Å². The van der Waals surface area contributed by atoms with Gasteiger partial charge in [0, 0.05) is 4.75 Å². The minimum atomic E-state index is -3.83. The zero-order chi connectivity index (χ0) is 15.6. The van der Waals surface area contributed by atoms with Crippen LogP contribution in [0.25, 0.3) is 0 Å². The Hall–Kier alpha value is -0.760. The van der Waals surface area contributed by atoms with Crippen molar-refractivity contribution in [1.29, 1.82) is 0 Å². The molecule has 0 saturated heterocycles. The maximum atomic E-state index is 11.8. The van der Waals surface area contributed by atoms with Crippen LogP contribution in [0.15, 0.2) is 23.1 Å². The number of halogens is 1. The normalized spacial score (nSPS) is 12.2. The SMILES string of the molecule is CC(C)(C)SCC(=O)Nc1cc(S(N)(=O)=O)ccc1Cl. The first-order valence-corrected chi connectivity index (χ1v) is 8.66. The van der Waals surface area contributed by atoms with Gasteiger partial charge in [-0.25, -0.2) is 13.6 Å². The van der Waals surface area contributed by atoms with E-state index in [1.54, 1.807) is 0 Å². The van der Waals surface area contributed by atoms with Gasteiger partial charge >= 0.3 is 0 Å². The van der Waals surface area contributed by atoms with Gasteiger partial charge in [-0.1, -0.05) is 32.4 Å². The van der Waals surface area contributed by atoms with Gasteiger partial charge in [0.2, 0.25) is 15.9 Å². The molecule has 0 unspecified atom stereocenters. The van der Waals surface area contributed by atoms with Crippen LogP contribution in [0.1, 0.15) is 20.8 Å². The van der Waals surface area contributed by atoms with E-state index in [9.17, 15) is 13.2 Å². The van der Waals surface area contributed by atoms with E-state index in [-0.39, 0.29) is 32.0 Å². The molecule has 0 radical (unpaired) electrons. The third kappa shape index (κ3) is 5.70. The Kier molecular flexibility index (Phi) is 5.48. The van der Waals surface area contributed by atoms with Crippen molar-refractivity contribution in [2.24, 2.45) is 5.14 Å². The van der Waals surface area contributed by atoms with Crippen molar-refractivity contribution in [2.45, 2.75) is 30.4 Å². The summed E-state index contributed by atoms with van der Waals surface area (Å²) in [4.78, 5) is 11.7. The smallest absolute Gasteiger partial charge is 0.238 e. The number of carbonyl (C=O) groups excluding carboxylic acids is 1. The first kappa shape index (κ1) is 17.3. The molecule has 0 aliphatic rings. The van der Waals surface area contributed by atoms with Gasteiger partial charge in [-0.15, -0.1) is 11.8 Å². The molecule has 0 atom stereocenters. The fraction of sp³-hybridized carbons (Fsp3) is 0.417. The van der Waals surface area contributed by atoms with Crippen LogP contribution in [0, 0.1) is 0 Å². The number of nitrogens with two attached hydrogens (primary N) is 1. The van der Waals surface area contributed by atoms with Crippen molar-refractivity contribution >= 4 is 45.0 Å². The molecule has 20 heavy (non-hydrogen) atoms. The van der Waals surface area contributed by atoms with Crippen molar-refractivity contribution < 1.29 is 13.2 Å². The summed E-state index contributed by atoms with van der Waals surface area (Å²) in [5.74, 6) is -0.00205. The summed E-state index contributed by atoms with van der Waals surface area (Å²) in [7, 11) is -3.83. The first-order valence-electron chi connectivity index (χ1n) is 5.75. The number of thioether (sulfide) groups is 1. The van der Waals surface area contributed by atoms with Crippen LogP contribution in [0.2, 0.25) is 5.02 Å². The van der Waals surface area contributed by atoms with E-state index in [1.807, 2.05) is 20.8 Å². The summed E-state index contributed by atoms with van der Waals surface area (Å²) in [6, 6.07) is 3.92. The zero-order valence-electron chi connectivity index (χ0n) is 11.4. The average molecular weight is 337 g/mol. The highest BCUT2D eigenvalue weighted by molar-refractivity contribution is 8.01. The second kappa shape index (κ2) is 6.34. The molecule has 0 bridgehead atoms. The van der Waals surface area contributed by atoms with E-state index in [1.165, 1.54) is 30.0 Å². The number of nitrogens with one attached hydrogen (secondary N) is 1. The Bertz CT molecular complexity index is 610. The van der Waals surface area contributed by atoms with Crippen molar-refractivity contribution in [2.75, 3.05) is 11.1 Å². The number of anilines is 1. The molecule has 112 valence electrons. The lowest BCUT2D eigenvalue weighted by atomic mass is 10.3. The molecule has 3 N–H and O–H groups in total. The minimum absolute atomic E-state index is 0.0381. The van der Waals surface area contributed by atoms with Crippen LogP contribution in [-0.2, 0) is 14.8 Å². The van der Waals surface area contributed by atoms with E-state index in [0.717, 1.165) is 0 Å². The predicted octanol–water partition coefficient (Wildman–Crippen LogP) is 2.46. The van der Waals surface area contributed by atoms with Crippen molar-refractivity contribution in [3.05, 3.63) is 23.2 Å². The van der Waals surface area contributed by atoms with Crippen LogP contribution in [-0.4, -0.2) is 24.8 Å². The molecule has 1 aromatic carbocycles. The monoisotopic (exact) mass is 336 g/mol. The maximum absolute atomic E-state index is 11.8. The van der Waals surface area contributed by atoms with Gasteiger partial charge in [-0.3, -0.25) is 4.79 Å². The molecule has 1 amide bonds. The fourth-order valence-corrected chi connectivity index (χ4v) is 2.59. The number of hydrogen-bond donors (Lipinski definition) is 2. The molecule has 0 aromatic heterocycles. The van der Waals surface area contributed by atoms with Crippen molar-refractivity contribution in [1.82, 2.24) is 0 Å². The second-order valence-electron chi connectivity index (χ2n) is 5.14. The number of hydrogen-bond acceptors (Lipinski definition) is 4. The summed E-state index contributed by atoms with van der Waals surface area (Å²) < 4.78 is 22.5. The summed E-state index contributed by atoms with van der Waals surface area (Å²) in [6.45, 7) is 6.00. The number of primary sulfonamides is 1. The number of rotatable bonds is 4. The third-order valence-corrected chi connectivity index (χ3v) is 4.69. The summed E-state index contributed by atoms with van der Waals surface area (Å²) in [6.07, 6.45) is 0. The highest BCUT2D eigenvalue weighted by atomic mass is 35.5. The minimum Gasteiger partial charge on any atom is -0.324 e. The highest BCUT2D eigenvalue weighted by Gasteiger charge is 2.15. The summed E-state index contributed by atoms with van der Waals surface area (Å²) in [5, 5.41) is 7.87. The summed E-state index contributed by atoms with van der Waals surface area (Å²) >= 11 is 7.40. The molecule has 0 saturated carbocycles. The van der Waals surface area contributed by atoms with Gasteiger partial charge in [0.15, 0.2) is 0 Å². The van der Waals surface area contributed by atoms with Gasteiger partial charge in [0.05, 0.1) is 21.4 Å². The van der Waals surface area contributed by atoms with Gasteiger partial charge in [0.1, 0.15) is 0 Å². The number of amides is 1. The molecule has 0 spiro atoms. The lowest BCUT2D eigenvalue weighted by Crippen LogP contribution is -2.19. The molecule has 0 aliphatic heterocycles. The molecule has 0 heterocycles. The number of carbonyl (C=O) groups is 1. The van der Waals surface area contributed by atoms with Crippen molar-refractivity contribution in [3.8, 4) is 0 Å². The molecule has 1 rings (SSSR count). The molecule has 8 heteroatoms. The second-order valence-corrected chi connectivity index (χ2v) is 8.91. The Morgan fingerprint density at radius 3 is 2.50 bits per heavy atom. The number of sulfonamides is 1. The lowest BCUT2D eigenvalue weighted by molar-refractivity contribution is -0.113. The first-order chi connectivity index (χ1) is 8.99. The number of benzene rings is 1. The van der Waals surface area contributed by atoms with Gasteiger partial charge in [0.25, 0.3) is 0 Å². The van der Waals surface area contributed by atoms with Crippen molar-refractivity contribution in [3.63, 3.8) is 0 Å². The van der Waals surface area contributed by atoms with E-state index in [2.05, 4.69) is 5.32 Å². The predicted molar refractivity (Wildman–Crippen MR) is 83.7 cm³/mol. The molecule has 5 nitrogen and oxygen atoms in total. The fourth-order valence-electron chi connectivity index (χ4n) is 1.25. The zero-order valence-corrected chi connectivity index (χ0v) is 13.8. The molecular formula is C12H17ClN2O3S2. The Balaban J connectivity index is 2.85. The summed E-state index contributed by atoms with van der Waals surface area (Å²) in [5.41, 5.74) is 0.234. The average Bonchev–Trinajstić information content (AvgIpc) is 2.27. The largest absolute Gasteiger partial charge is 0.324 e. The Morgan fingerprint density at radius 2 is 2.00 bits per heavy atom. The van der Waals surface area contributed by atoms with Crippen LogP contribution >= 0.6 is 23.4 Å². The Morgan fingerprint density at radius 1 is 1.40 bits per heavy atom. The van der Waals surface area contributed by atoms with E-state index < -0.39 is 10.0 Å². The van der Waals surface area contributed by atoms with Crippen LogP contribution in [0.3, 0.4) is 0 Å². The standard InChI is InChI=1S/C12H17ClN2O3S2/c1-12(2,3)19-7-11(16)15-10-6-8(20(14,17)18)4-5-9(10)13/h4-6H,7H2,1-3H3,(H,15,16)(H2,14,17,18). The molecular weight excluding hydrogens is 320 g/mol. The lowest BCUT2D eigenvalue weighted by Gasteiger charge is -2.17. The van der Waals surface area contributed by atoms with Gasteiger partial charge in [-0.2, -0.15) is 0 Å². The van der Waals surface area contributed by atoms with E-state index in [0.29, 0.717) is 0 Å². The van der Waals surface area contributed by atoms with Crippen LogP contribution in [0.5, 0.6) is 0 Å². The molecule has 0 fully saturated rings. The van der Waals surface area contributed by atoms with Gasteiger partial charge < -0.3 is 5.32 Å². The highest BCUT2D eigenvalue weighted by Crippen LogP contribution is 2.26. The van der Waals surface area contributed by atoms with Crippen LogP contribution in [0.4, 0.5) is 5.69 Å². The quantitative estimate of drug-likeness (QED) is 0.883. The topological polar surface area (TPSA) is 89.3 Å². The third-order valence-electron chi connectivity index (χ3n) is 2.18.